The van der Waals surface area contributed by atoms with Crippen LogP contribution >= 0.6 is 0 Å². The molecule has 18 heavy (non-hydrogen) atoms. The molecule has 0 fully saturated rings. The lowest BCUT2D eigenvalue weighted by Crippen LogP contribution is -2.10. The second kappa shape index (κ2) is 5.78. The normalized spacial score (nSPS) is 12.6. The van der Waals surface area contributed by atoms with E-state index in [-0.39, 0.29) is 0 Å². The van der Waals surface area contributed by atoms with E-state index in [0.29, 0.717) is 12.2 Å². The Morgan fingerprint density at radius 2 is 2.11 bits per heavy atom. The Hall–Kier alpha value is -1.68. The molecule has 1 heterocycles. The molecule has 0 bridgehead atoms. The van der Waals surface area contributed by atoms with Gasteiger partial charge < -0.3 is 5.11 Å². The molecule has 0 aliphatic carbocycles. The Morgan fingerprint density at radius 1 is 1.33 bits per heavy atom. The summed E-state index contributed by atoms with van der Waals surface area (Å²) in [5, 5.41) is 14.2. The van der Waals surface area contributed by atoms with Crippen LogP contribution in [-0.4, -0.2) is 19.9 Å². The van der Waals surface area contributed by atoms with Gasteiger partial charge in [-0.1, -0.05) is 24.3 Å². The lowest BCUT2D eigenvalue weighted by molar-refractivity contribution is 0.152. The molecule has 1 N–H and O–H groups in total. The van der Waals surface area contributed by atoms with Crippen LogP contribution in [0.5, 0.6) is 0 Å². The van der Waals surface area contributed by atoms with E-state index in [1.807, 2.05) is 19.1 Å². The van der Waals surface area contributed by atoms with Crippen LogP contribution in [0.15, 0.2) is 30.6 Å². The Balaban J connectivity index is 2.01. The highest BCUT2D eigenvalue weighted by Gasteiger charge is 2.14. The predicted octanol–water partition coefficient (Wildman–Crippen LogP) is 2.27. The van der Waals surface area contributed by atoms with Gasteiger partial charge in [0.2, 0.25) is 0 Å². The number of nitrogens with zero attached hydrogens (tertiary/aromatic N) is 3. The van der Waals surface area contributed by atoms with Gasteiger partial charge in [-0.3, -0.25) is 0 Å². The lowest BCUT2D eigenvalue weighted by atomic mass is 10.0. The van der Waals surface area contributed by atoms with Gasteiger partial charge in [0.05, 0.1) is 0 Å². The summed E-state index contributed by atoms with van der Waals surface area (Å²) in [6, 6.07) is 8.26. The highest BCUT2D eigenvalue weighted by Crippen LogP contribution is 2.18. The first-order valence-corrected chi connectivity index (χ1v) is 6.32. The van der Waals surface area contributed by atoms with E-state index in [1.165, 1.54) is 17.5 Å². The summed E-state index contributed by atoms with van der Waals surface area (Å²) in [5.41, 5.74) is 2.54. The molecule has 0 saturated carbocycles. The monoisotopic (exact) mass is 245 g/mol. The number of aliphatic hydroxyl groups is 1. The summed E-state index contributed by atoms with van der Waals surface area (Å²) in [5.74, 6) is 0.658. The summed E-state index contributed by atoms with van der Waals surface area (Å²) < 4.78 is 1.74. The molecule has 2 rings (SSSR count). The minimum atomic E-state index is -0.549. The number of aromatic nitrogens is 3. The fraction of sp³-hybridized carbons (Fsp3) is 0.429. The van der Waals surface area contributed by atoms with Gasteiger partial charge >= 0.3 is 0 Å². The Kier molecular flexibility index (Phi) is 4.10. The van der Waals surface area contributed by atoms with E-state index in [9.17, 15) is 5.11 Å². The maximum atomic E-state index is 10.2. The first kappa shape index (κ1) is 12.8. The zero-order chi connectivity index (χ0) is 13.0. The largest absolute Gasteiger partial charge is 0.385 e. The highest BCUT2D eigenvalue weighted by molar-refractivity contribution is 5.25. The van der Waals surface area contributed by atoms with Crippen molar-refractivity contribution in [1.29, 1.82) is 0 Å². The molecule has 4 heteroatoms. The summed E-state index contributed by atoms with van der Waals surface area (Å²) >= 11 is 0. The SMILES string of the molecule is CCn1ncnc1C(O)CCc1ccccc1C. The van der Waals surface area contributed by atoms with Crippen molar-refractivity contribution >= 4 is 0 Å². The van der Waals surface area contributed by atoms with Gasteiger partial charge in [-0.15, -0.1) is 0 Å². The van der Waals surface area contributed by atoms with Crippen LogP contribution in [0.2, 0.25) is 0 Å². The second-order valence-electron chi connectivity index (χ2n) is 4.41. The molecular weight excluding hydrogens is 226 g/mol. The van der Waals surface area contributed by atoms with Crippen LogP contribution in [0.1, 0.15) is 36.4 Å². The molecule has 1 atom stereocenters. The maximum absolute atomic E-state index is 10.2. The first-order valence-electron chi connectivity index (χ1n) is 6.32. The summed E-state index contributed by atoms with van der Waals surface area (Å²) in [7, 11) is 0. The van der Waals surface area contributed by atoms with Gasteiger partial charge in [0.25, 0.3) is 0 Å². The molecule has 0 spiro atoms. The van der Waals surface area contributed by atoms with Gasteiger partial charge in [-0.25, -0.2) is 9.67 Å². The van der Waals surface area contributed by atoms with Crippen molar-refractivity contribution in [3.8, 4) is 0 Å². The fourth-order valence-electron chi connectivity index (χ4n) is 2.09. The quantitative estimate of drug-likeness (QED) is 0.879. The first-order chi connectivity index (χ1) is 8.72. The molecule has 0 saturated heterocycles. The van der Waals surface area contributed by atoms with Crippen molar-refractivity contribution in [2.24, 2.45) is 0 Å². The average molecular weight is 245 g/mol. The lowest BCUT2D eigenvalue weighted by Gasteiger charge is -2.11. The Labute approximate surface area is 107 Å². The van der Waals surface area contributed by atoms with Gasteiger partial charge in [0, 0.05) is 6.54 Å². The summed E-state index contributed by atoms with van der Waals surface area (Å²) in [6.45, 7) is 4.82. The minimum absolute atomic E-state index is 0.549. The number of hydrogen-bond acceptors (Lipinski definition) is 3. The smallest absolute Gasteiger partial charge is 0.155 e. The molecule has 0 amide bonds. The van der Waals surface area contributed by atoms with Crippen LogP contribution in [0, 0.1) is 6.92 Å². The van der Waals surface area contributed by atoms with Crippen molar-refractivity contribution in [1.82, 2.24) is 14.8 Å². The standard InChI is InChI=1S/C14H19N3O/c1-3-17-14(15-10-16-17)13(18)9-8-12-7-5-4-6-11(12)2/h4-7,10,13,18H,3,8-9H2,1-2H3. The van der Waals surface area contributed by atoms with Gasteiger partial charge in [0.1, 0.15) is 12.4 Å². The van der Waals surface area contributed by atoms with Crippen molar-refractivity contribution in [3.63, 3.8) is 0 Å². The molecule has 0 aliphatic rings. The van der Waals surface area contributed by atoms with Crippen LogP contribution in [0.3, 0.4) is 0 Å². The van der Waals surface area contributed by atoms with Crippen LogP contribution < -0.4 is 0 Å². The molecule has 1 aromatic carbocycles. The fourth-order valence-corrected chi connectivity index (χ4v) is 2.09. The second-order valence-corrected chi connectivity index (χ2v) is 4.41. The third kappa shape index (κ3) is 2.76. The topological polar surface area (TPSA) is 50.9 Å². The molecular formula is C14H19N3O. The predicted molar refractivity (Wildman–Crippen MR) is 70.2 cm³/mol. The van der Waals surface area contributed by atoms with Crippen LogP contribution in [0.25, 0.3) is 0 Å². The van der Waals surface area contributed by atoms with E-state index < -0.39 is 6.10 Å². The molecule has 0 radical (unpaired) electrons. The molecule has 96 valence electrons. The summed E-state index contributed by atoms with van der Waals surface area (Å²) in [6.07, 6.45) is 2.47. The summed E-state index contributed by atoms with van der Waals surface area (Å²) in [4.78, 5) is 4.12. The third-order valence-electron chi connectivity index (χ3n) is 3.19. The Morgan fingerprint density at radius 3 is 2.83 bits per heavy atom. The van der Waals surface area contributed by atoms with E-state index in [4.69, 9.17) is 0 Å². The van der Waals surface area contributed by atoms with Crippen molar-refractivity contribution in [2.75, 3.05) is 0 Å². The number of hydrogen-bond donors (Lipinski definition) is 1. The van der Waals surface area contributed by atoms with E-state index in [1.54, 1.807) is 4.68 Å². The number of aliphatic hydroxyl groups excluding tert-OH is 1. The van der Waals surface area contributed by atoms with Gasteiger partial charge in [0.15, 0.2) is 5.82 Å². The van der Waals surface area contributed by atoms with Crippen LogP contribution in [0.4, 0.5) is 0 Å². The highest BCUT2D eigenvalue weighted by atomic mass is 16.3. The number of rotatable bonds is 5. The van der Waals surface area contributed by atoms with E-state index >= 15 is 0 Å². The molecule has 1 aromatic heterocycles. The van der Waals surface area contributed by atoms with E-state index in [0.717, 1.165) is 13.0 Å². The van der Waals surface area contributed by atoms with Crippen molar-refractivity contribution < 1.29 is 5.11 Å². The molecule has 4 nitrogen and oxygen atoms in total. The zero-order valence-electron chi connectivity index (χ0n) is 10.9. The third-order valence-corrected chi connectivity index (χ3v) is 3.19. The van der Waals surface area contributed by atoms with Crippen molar-refractivity contribution in [3.05, 3.63) is 47.5 Å². The minimum Gasteiger partial charge on any atom is -0.385 e. The van der Waals surface area contributed by atoms with Crippen LogP contribution in [-0.2, 0) is 13.0 Å². The maximum Gasteiger partial charge on any atom is 0.155 e. The van der Waals surface area contributed by atoms with Crippen molar-refractivity contribution in [2.45, 2.75) is 39.3 Å². The van der Waals surface area contributed by atoms with E-state index in [2.05, 4.69) is 29.1 Å². The molecule has 0 aliphatic heterocycles. The molecule has 2 aromatic rings. The molecule has 1 unspecified atom stereocenters. The average Bonchev–Trinajstić information content (AvgIpc) is 2.86. The number of benzene rings is 1. The zero-order valence-corrected chi connectivity index (χ0v) is 10.9. The van der Waals surface area contributed by atoms with Gasteiger partial charge in [-0.05, 0) is 37.8 Å². The number of aryl methyl sites for hydroxylation is 3. The Bertz CT molecular complexity index is 507. The van der Waals surface area contributed by atoms with Gasteiger partial charge in [-0.2, -0.15) is 5.10 Å².